The number of carboxylic acid groups (broad SMARTS) is 2. The quantitative estimate of drug-likeness (QED) is 0.338. The fraction of sp³-hybridized carbons (Fsp3) is 0.381. The molecule has 1 aromatic carbocycles. The fourth-order valence-electron chi connectivity index (χ4n) is 2.93. The smallest absolute Gasteiger partial charge is 0.328 e. The molecule has 0 aliphatic heterocycles. The lowest BCUT2D eigenvalue weighted by Crippen LogP contribution is -2.27. The third-order valence-electron chi connectivity index (χ3n) is 4.14. The minimum atomic E-state index is -1.26. The van der Waals surface area contributed by atoms with E-state index in [-0.39, 0.29) is 0 Å². The summed E-state index contributed by atoms with van der Waals surface area (Å²) in [5.74, 6) is -2.51. The van der Waals surface area contributed by atoms with Gasteiger partial charge in [-0.25, -0.2) is 9.59 Å². The lowest BCUT2D eigenvalue weighted by atomic mass is 10.1. The summed E-state index contributed by atoms with van der Waals surface area (Å²) in [6.07, 6.45) is 7.35. The van der Waals surface area contributed by atoms with Gasteiger partial charge in [-0.15, -0.1) is 0 Å². The number of benzene rings is 1. The van der Waals surface area contributed by atoms with Gasteiger partial charge >= 0.3 is 11.9 Å². The molecular weight excluding hydrogens is 374 g/mol. The molecule has 0 radical (unpaired) electrons. The Hall–Kier alpha value is -3.13. The number of nitrogens with zero attached hydrogens (tertiary/aromatic N) is 1. The Morgan fingerprint density at radius 3 is 2.21 bits per heavy atom. The molecule has 2 aromatic rings. The number of carbonyl (C=O) groups excluding carboxylic acids is 1. The van der Waals surface area contributed by atoms with Crippen molar-refractivity contribution in [2.75, 3.05) is 25.0 Å². The molecule has 4 N–H and O–H groups in total. The summed E-state index contributed by atoms with van der Waals surface area (Å²) >= 11 is 0. The molecule has 8 heteroatoms. The molecule has 1 aromatic heterocycles. The zero-order valence-corrected chi connectivity index (χ0v) is 16.9. The van der Waals surface area contributed by atoms with E-state index in [4.69, 9.17) is 10.2 Å². The fourth-order valence-corrected chi connectivity index (χ4v) is 2.93. The predicted octanol–water partition coefficient (Wildman–Crippen LogP) is 3.11. The second-order valence-corrected chi connectivity index (χ2v) is 6.44. The largest absolute Gasteiger partial charge is 0.478 e. The van der Waals surface area contributed by atoms with Crippen LogP contribution in [0, 0.1) is 0 Å². The SMILES string of the molecule is CCCN(CCC)CCc1c[nH]c2ccc(NC=O)cc12.O=C(O)/C=C\C(=O)O. The molecule has 1 amide bonds. The van der Waals surface area contributed by atoms with Gasteiger partial charge in [0.1, 0.15) is 0 Å². The van der Waals surface area contributed by atoms with Crippen molar-refractivity contribution in [1.29, 1.82) is 0 Å². The van der Waals surface area contributed by atoms with E-state index in [2.05, 4.69) is 35.2 Å². The highest BCUT2D eigenvalue weighted by Crippen LogP contribution is 2.22. The van der Waals surface area contributed by atoms with Crippen LogP contribution < -0.4 is 5.32 Å². The summed E-state index contributed by atoms with van der Waals surface area (Å²) in [5, 5.41) is 19.5. The van der Waals surface area contributed by atoms with E-state index in [1.807, 2.05) is 18.2 Å². The molecule has 0 aliphatic carbocycles. The molecule has 8 nitrogen and oxygen atoms in total. The Bertz CT molecular complexity index is 807. The Morgan fingerprint density at radius 2 is 1.69 bits per heavy atom. The van der Waals surface area contributed by atoms with Crippen molar-refractivity contribution in [3.8, 4) is 0 Å². The first-order valence-electron chi connectivity index (χ1n) is 9.57. The lowest BCUT2D eigenvalue weighted by Gasteiger charge is -2.20. The summed E-state index contributed by atoms with van der Waals surface area (Å²) in [5.41, 5.74) is 3.29. The van der Waals surface area contributed by atoms with Crippen LogP contribution in [0.2, 0.25) is 0 Å². The predicted molar refractivity (Wildman–Crippen MR) is 113 cm³/mol. The lowest BCUT2D eigenvalue weighted by molar-refractivity contribution is -0.134. The van der Waals surface area contributed by atoms with E-state index in [0.717, 1.165) is 43.7 Å². The maximum atomic E-state index is 10.6. The van der Waals surface area contributed by atoms with Crippen LogP contribution in [-0.2, 0) is 20.8 Å². The van der Waals surface area contributed by atoms with Crippen LogP contribution >= 0.6 is 0 Å². The molecular formula is C21H29N3O5. The summed E-state index contributed by atoms with van der Waals surface area (Å²) in [6.45, 7) is 7.86. The standard InChI is InChI=1S/C17H25N3O.C4H4O4/c1-3-8-20(9-4-2)10-7-14-12-18-17-6-5-15(19-13-21)11-16(14)17;5-3(6)1-2-4(7)8/h5-6,11-13,18H,3-4,7-10H2,1-2H3,(H,19,21);1-2H,(H,5,6)(H,7,8)/b;2-1-. The van der Waals surface area contributed by atoms with Crippen LogP contribution in [0.1, 0.15) is 32.3 Å². The number of hydrogen-bond acceptors (Lipinski definition) is 4. The van der Waals surface area contributed by atoms with Crippen molar-refractivity contribution < 1.29 is 24.6 Å². The molecule has 158 valence electrons. The van der Waals surface area contributed by atoms with Crippen LogP contribution in [0.5, 0.6) is 0 Å². The van der Waals surface area contributed by atoms with Gasteiger partial charge in [0.15, 0.2) is 0 Å². The monoisotopic (exact) mass is 403 g/mol. The highest BCUT2D eigenvalue weighted by Gasteiger charge is 2.08. The van der Waals surface area contributed by atoms with Crippen LogP contribution in [0.25, 0.3) is 10.9 Å². The molecule has 0 fully saturated rings. The van der Waals surface area contributed by atoms with Crippen molar-refractivity contribution in [1.82, 2.24) is 9.88 Å². The average Bonchev–Trinajstić information content (AvgIpc) is 3.08. The van der Waals surface area contributed by atoms with Gasteiger partial charge in [-0.2, -0.15) is 0 Å². The van der Waals surface area contributed by atoms with Gasteiger partial charge in [-0.05, 0) is 56.1 Å². The maximum Gasteiger partial charge on any atom is 0.328 e. The van der Waals surface area contributed by atoms with Crippen LogP contribution in [0.3, 0.4) is 0 Å². The van der Waals surface area contributed by atoms with Gasteiger partial charge in [0, 0.05) is 41.5 Å². The molecule has 0 saturated heterocycles. The molecule has 0 unspecified atom stereocenters. The van der Waals surface area contributed by atoms with Gasteiger partial charge in [-0.3, -0.25) is 4.79 Å². The number of H-pyrrole nitrogens is 1. The number of anilines is 1. The van der Waals surface area contributed by atoms with Crippen molar-refractivity contribution in [2.45, 2.75) is 33.1 Å². The van der Waals surface area contributed by atoms with Crippen LogP contribution in [0.15, 0.2) is 36.5 Å². The summed E-state index contributed by atoms with van der Waals surface area (Å²) in [4.78, 5) is 35.5. The Kier molecular flexibility index (Phi) is 10.8. The van der Waals surface area contributed by atoms with E-state index in [1.165, 1.54) is 23.8 Å². The summed E-state index contributed by atoms with van der Waals surface area (Å²) in [6, 6.07) is 5.97. The van der Waals surface area contributed by atoms with Crippen molar-refractivity contribution in [3.63, 3.8) is 0 Å². The summed E-state index contributed by atoms with van der Waals surface area (Å²) < 4.78 is 0. The van der Waals surface area contributed by atoms with Gasteiger partial charge in [0.2, 0.25) is 6.41 Å². The third-order valence-corrected chi connectivity index (χ3v) is 4.14. The number of nitrogens with one attached hydrogen (secondary N) is 2. The molecule has 0 atom stereocenters. The zero-order valence-electron chi connectivity index (χ0n) is 16.9. The number of aromatic nitrogens is 1. The highest BCUT2D eigenvalue weighted by atomic mass is 16.4. The van der Waals surface area contributed by atoms with Gasteiger partial charge < -0.3 is 25.4 Å². The molecule has 0 saturated carbocycles. The maximum absolute atomic E-state index is 10.6. The number of amides is 1. The van der Waals surface area contributed by atoms with Gasteiger partial charge in [0.05, 0.1) is 0 Å². The number of aliphatic carboxylic acids is 2. The van der Waals surface area contributed by atoms with Crippen LogP contribution in [0.4, 0.5) is 5.69 Å². The topological polar surface area (TPSA) is 123 Å². The zero-order chi connectivity index (χ0) is 21.6. The number of aromatic amines is 1. The van der Waals surface area contributed by atoms with Crippen LogP contribution in [-0.4, -0.2) is 58.1 Å². The van der Waals surface area contributed by atoms with E-state index >= 15 is 0 Å². The van der Waals surface area contributed by atoms with Gasteiger partial charge in [-0.1, -0.05) is 13.8 Å². The second-order valence-electron chi connectivity index (χ2n) is 6.44. The van der Waals surface area contributed by atoms with E-state index in [9.17, 15) is 14.4 Å². The molecule has 29 heavy (non-hydrogen) atoms. The van der Waals surface area contributed by atoms with E-state index < -0.39 is 11.9 Å². The van der Waals surface area contributed by atoms with E-state index in [1.54, 1.807) is 0 Å². The first-order chi connectivity index (χ1) is 13.9. The third kappa shape index (κ3) is 9.07. The van der Waals surface area contributed by atoms with E-state index in [0.29, 0.717) is 12.2 Å². The number of carboxylic acids is 2. The minimum absolute atomic E-state index is 0.558. The average molecular weight is 403 g/mol. The Labute approximate surface area is 170 Å². The number of rotatable bonds is 11. The molecule has 2 rings (SSSR count). The second kappa shape index (κ2) is 13.1. The van der Waals surface area contributed by atoms with Crippen molar-refractivity contribution in [2.24, 2.45) is 0 Å². The molecule has 0 spiro atoms. The highest BCUT2D eigenvalue weighted by molar-refractivity contribution is 5.90. The van der Waals surface area contributed by atoms with Crippen molar-refractivity contribution >= 4 is 34.9 Å². The van der Waals surface area contributed by atoms with Crippen molar-refractivity contribution in [3.05, 3.63) is 42.1 Å². The number of hydrogen-bond donors (Lipinski definition) is 4. The molecule has 0 bridgehead atoms. The summed E-state index contributed by atoms with van der Waals surface area (Å²) in [7, 11) is 0. The normalized spacial score (nSPS) is 10.7. The minimum Gasteiger partial charge on any atom is -0.478 e. The number of fused-ring (bicyclic) bond motifs is 1. The first-order valence-corrected chi connectivity index (χ1v) is 9.57. The Balaban J connectivity index is 0.000000447. The molecule has 1 heterocycles. The van der Waals surface area contributed by atoms with Gasteiger partial charge in [0.25, 0.3) is 0 Å². The molecule has 0 aliphatic rings. The first kappa shape index (κ1) is 23.9. The Morgan fingerprint density at radius 1 is 1.07 bits per heavy atom. The number of carbonyl (C=O) groups is 3.